The van der Waals surface area contributed by atoms with Crippen LogP contribution >= 0.6 is 23.2 Å². The van der Waals surface area contributed by atoms with Gasteiger partial charge in [-0.15, -0.1) is 0 Å². The fourth-order valence-corrected chi connectivity index (χ4v) is 8.86. The van der Waals surface area contributed by atoms with Gasteiger partial charge in [-0.05, 0) is 74.5 Å². The van der Waals surface area contributed by atoms with Gasteiger partial charge in [0.05, 0.1) is 49.9 Å². The van der Waals surface area contributed by atoms with E-state index in [4.69, 9.17) is 42.1 Å². The molecule has 3 aliphatic heterocycles. The topological polar surface area (TPSA) is 113 Å². The number of urea groups is 1. The second-order valence-electron chi connectivity index (χ2n) is 15.2. The number of nitrogens with one attached hydrogen (secondary N) is 1. The number of piperazine rings is 1. The predicted molar refractivity (Wildman–Crippen MR) is 221 cm³/mol. The first-order valence-corrected chi connectivity index (χ1v) is 20.6. The second kappa shape index (κ2) is 19.0. The lowest BCUT2D eigenvalue weighted by Crippen LogP contribution is -2.59. The van der Waals surface area contributed by atoms with E-state index in [2.05, 4.69) is 27.2 Å². The summed E-state index contributed by atoms with van der Waals surface area (Å²) in [6, 6.07) is 19.5. The van der Waals surface area contributed by atoms with Crippen molar-refractivity contribution in [3.05, 3.63) is 87.4 Å². The Morgan fingerprint density at radius 2 is 1.39 bits per heavy atom. The van der Waals surface area contributed by atoms with Crippen LogP contribution in [-0.4, -0.2) is 131 Å². The lowest BCUT2D eigenvalue weighted by molar-refractivity contribution is -0.143. The Morgan fingerprint density at radius 1 is 0.719 bits per heavy atom. The number of esters is 1. The largest absolute Gasteiger partial charge is 0.493 e. The number of carbonyl (C=O) groups is 3. The zero-order valence-electron chi connectivity index (χ0n) is 33.5. The number of amides is 3. The molecule has 6 rings (SSSR count). The number of piperidine rings is 1. The van der Waals surface area contributed by atoms with Gasteiger partial charge in [-0.25, -0.2) is 4.79 Å². The van der Waals surface area contributed by atoms with Crippen LogP contribution in [0.25, 0.3) is 0 Å². The molecule has 3 fully saturated rings. The van der Waals surface area contributed by atoms with Crippen molar-refractivity contribution in [3.8, 4) is 17.2 Å². The fourth-order valence-electron chi connectivity index (χ4n) is 8.56. The minimum atomic E-state index is -0.506. The van der Waals surface area contributed by atoms with Gasteiger partial charge in [-0.2, -0.15) is 0 Å². The Bertz CT molecular complexity index is 1840. The summed E-state index contributed by atoms with van der Waals surface area (Å²) in [7, 11) is 4.61. The minimum Gasteiger partial charge on any atom is -0.493 e. The summed E-state index contributed by atoms with van der Waals surface area (Å²) in [6.45, 7) is 8.92. The highest BCUT2D eigenvalue weighted by molar-refractivity contribution is 6.42. The SMILES string of the molecule is CCOC(=O)CCN1CCN(C(=O)NC2(c3ccccc3)CCN(CC[C@@]3(c4ccc(Cl)c(Cl)c4)CCN(C(=O)c4cc(OC)c(OC)c(OC)c4)C3)CC2)CC1. The molecule has 0 saturated carbocycles. The predicted octanol–water partition coefficient (Wildman–Crippen LogP) is 6.46. The Labute approximate surface area is 346 Å². The van der Waals surface area contributed by atoms with Crippen molar-refractivity contribution in [2.75, 3.05) is 93.4 Å². The second-order valence-corrected chi connectivity index (χ2v) is 16.0. The Morgan fingerprint density at radius 3 is 2.00 bits per heavy atom. The Balaban J connectivity index is 1.13. The molecule has 0 aliphatic carbocycles. The molecule has 12 nitrogen and oxygen atoms in total. The van der Waals surface area contributed by atoms with Crippen molar-refractivity contribution < 1.29 is 33.3 Å². The summed E-state index contributed by atoms with van der Waals surface area (Å²) in [4.78, 5) is 48.3. The van der Waals surface area contributed by atoms with Crippen molar-refractivity contribution >= 4 is 41.1 Å². The monoisotopic (exact) mass is 823 g/mol. The van der Waals surface area contributed by atoms with E-state index < -0.39 is 5.54 Å². The lowest BCUT2D eigenvalue weighted by atomic mass is 9.76. The first kappa shape index (κ1) is 42.4. The number of methoxy groups -OCH3 is 3. The average Bonchev–Trinajstić information content (AvgIpc) is 3.69. The molecule has 3 saturated heterocycles. The van der Waals surface area contributed by atoms with Crippen molar-refractivity contribution in [2.24, 2.45) is 0 Å². The van der Waals surface area contributed by atoms with Gasteiger partial charge < -0.3 is 39.0 Å². The third-order valence-electron chi connectivity index (χ3n) is 12.0. The van der Waals surface area contributed by atoms with E-state index in [1.54, 1.807) is 12.1 Å². The minimum absolute atomic E-state index is 0.0567. The highest BCUT2D eigenvalue weighted by atomic mass is 35.5. The molecule has 3 aromatic carbocycles. The molecule has 3 aromatic rings. The average molecular weight is 825 g/mol. The zero-order valence-corrected chi connectivity index (χ0v) is 35.0. The van der Waals surface area contributed by atoms with Crippen LogP contribution in [0.15, 0.2) is 60.7 Å². The number of halogens is 2. The van der Waals surface area contributed by atoms with E-state index >= 15 is 0 Å². The third kappa shape index (κ3) is 9.74. The molecule has 3 aliphatic rings. The highest BCUT2D eigenvalue weighted by Crippen LogP contribution is 2.43. The molecule has 1 N–H and O–H groups in total. The standard InChI is InChI=1S/C43H55Cl2N5O7/c1-5-57-38(51)13-18-47-23-25-49(26-24-47)41(53)46-43(32-9-7-6-8-10-32)16-20-48(21-17-43)19-14-42(33-11-12-34(44)35(45)29-33)15-22-50(30-42)40(52)31-27-36(54-2)39(56-4)37(28-31)55-3/h6-12,27-29H,5,13-26,30H2,1-4H3,(H,46,53)/t42-/m1/s1. The molecular weight excluding hydrogens is 769 g/mol. The number of rotatable bonds is 14. The third-order valence-corrected chi connectivity index (χ3v) is 12.7. The molecule has 0 bridgehead atoms. The maximum atomic E-state index is 14.1. The normalized spacial score (nSPS) is 19.9. The Hall–Kier alpha value is -4.23. The van der Waals surface area contributed by atoms with Gasteiger partial charge >= 0.3 is 12.0 Å². The fraction of sp³-hybridized carbons (Fsp3) is 0.512. The van der Waals surface area contributed by atoms with Gasteiger partial charge in [0.15, 0.2) is 11.5 Å². The summed E-state index contributed by atoms with van der Waals surface area (Å²) in [6.07, 6.45) is 3.43. The van der Waals surface area contributed by atoms with Crippen molar-refractivity contribution in [1.29, 1.82) is 0 Å². The van der Waals surface area contributed by atoms with Crippen molar-refractivity contribution in [1.82, 2.24) is 24.9 Å². The molecule has 0 radical (unpaired) electrons. The number of carbonyl (C=O) groups excluding carboxylic acids is 3. The van der Waals surface area contributed by atoms with E-state index in [1.807, 2.05) is 53.1 Å². The quantitative estimate of drug-likeness (QED) is 0.183. The molecule has 3 amide bonds. The molecular formula is C43H55Cl2N5O7. The smallest absolute Gasteiger partial charge is 0.318 e. The van der Waals surface area contributed by atoms with Crippen LogP contribution in [0, 0.1) is 0 Å². The van der Waals surface area contributed by atoms with Gasteiger partial charge in [0, 0.05) is 69.9 Å². The highest BCUT2D eigenvalue weighted by Gasteiger charge is 2.44. The molecule has 0 unspecified atom stereocenters. The van der Waals surface area contributed by atoms with Gasteiger partial charge in [0.2, 0.25) is 5.75 Å². The van der Waals surface area contributed by atoms with Crippen LogP contribution in [0.5, 0.6) is 17.2 Å². The first-order chi connectivity index (χ1) is 27.5. The van der Waals surface area contributed by atoms with Crippen LogP contribution in [0.3, 0.4) is 0 Å². The zero-order chi connectivity index (χ0) is 40.6. The Kier molecular flexibility index (Phi) is 14.1. The maximum Gasteiger partial charge on any atom is 0.318 e. The van der Waals surface area contributed by atoms with Crippen LogP contribution in [0.2, 0.25) is 10.0 Å². The summed E-state index contributed by atoms with van der Waals surface area (Å²) in [5, 5.41) is 4.47. The van der Waals surface area contributed by atoms with Gasteiger partial charge in [0.1, 0.15) is 0 Å². The number of hydrogen-bond donors (Lipinski definition) is 1. The molecule has 3 heterocycles. The molecule has 0 aromatic heterocycles. The summed E-state index contributed by atoms with van der Waals surface area (Å²) < 4.78 is 21.7. The molecule has 57 heavy (non-hydrogen) atoms. The lowest BCUT2D eigenvalue weighted by Gasteiger charge is -2.45. The number of benzene rings is 3. The van der Waals surface area contributed by atoms with E-state index in [-0.39, 0.29) is 23.3 Å². The van der Waals surface area contributed by atoms with Crippen molar-refractivity contribution in [2.45, 2.75) is 50.0 Å². The van der Waals surface area contributed by atoms with E-state index in [0.29, 0.717) is 91.7 Å². The van der Waals surface area contributed by atoms with Crippen LogP contribution in [0.1, 0.15) is 60.5 Å². The summed E-state index contributed by atoms with van der Waals surface area (Å²) in [5.74, 6) is 0.978. The van der Waals surface area contributed by atoms with E-state index in [9.17, 15) is 14.4 Å². The number of likely N-dealkylation sites (tertiary alicyclic amines) is 2. The van der Waals surface area contributed by atoms with Gasteiger partial charge in [0.25, 0.3) is 5.91 Å². The van der Waals surface area contributed by atoms with Crippen LogP contribution in [-0.2, 0) is 20.5 Å². The van der Waals surface area contributed by atoms with Gasteiger partial charge in [-0.3, -0.25) is 14.5 Å². The number of ether oxygens (including phenoxy) is 4. The van der Waals surface area contributed by atoms with Crippen LogP contribution < -0.4 is 19.5 Å². The first-order valence-electron chi connectivity index (χ1n) is 19.8. The summed E-state index contributed by atoms with van der Waals surface area (Å²) >= 11 is 13.0. The maximum absolute atomic E-state index is 14.1. The van der Waals surface area contributed by atoms with Gasteiger partial charge in [-0.1, -0.05) is 59.6 Å². The molecule has 0 spiro atoms. The summed E-state index contributed by atoms with van der Waals surface area (Å²) in [5.41, 5.74) is 1.76. The van der Waals surface area contributed by atoms with Crippen LogP contribution in [0.4, 0.5) is 4.79 Å². The van der Waals surface area contributed by atoms with Crippen molar-refractivity contribution in [3.63, 3.8) is 0 Å². The van der Waals surface area contributed by atoms with E-state index in [1.165, 1.54) is 21.3 Å². The molecule has 1 atom stereocenters. The molecule has 14 heteroatoms. The molecule has 308 valence electrons. The number of nitrogens with zero attached hydrogens (tertiary/aromatic N) is 4. The van der Waals surface area contributed by atoms with E-state index in [0.717, 1.165) is 56.4 Å². The number of hydrogen-bond acceptors (Lipinski definition) is 9.